The summed E-state index contributed by atoms with van der Waals surface area (Å²) in [6, 6.07) is 3.15. The van der Waals surface area contributed by atoms with Crippen molar-refractivity contribution in [2.75, 3.05) is 13.1 Å². The van der Waals surface area contributed by atoms with Crippen LogP contribution in [0.1, 0.15) is 24.8 Å². The Morgan fingerprint density at radius 1 is 1.61 bits per heavy atom. The van der Waals surface area contributed by atoms with E-state index in [1.165, 1.54) is 11.3 Å². The molecule has 1 fully saturated rings. The van der Waals surface area contributed by atoms with Crippen LogP contribution in [0.2, 0.25) is 0 Å². The first-order valence-corrected chi connectivity index (χ1v) is 6.86. The molecule has 0 unspecified atom stereocenters. The molecule has 2 rings (SSSR count). The maximum Gasteiger partial charge on any atom is 0.318 e. The van der Waals surface area contributed by atoms with E-state index in [9.17, 15) is 9.59 Å². The number of amides is 3. The van der Waals surface area contributed by atoms with Gasteiger partial charge in [0.2, 0.25) is 5.91 Å². The highest BCUT2D eigenvalue weighted by Crippen LogP contribution is 2.27. The van der Waals surface area contributed by atoms with Crippen molar-refractivity contribution in [2.45, 2.75) is 25.9 Å². The van der Waals surface area contributed by atoms with Crippen molar-refractivity contribution in [3.05, 3.63) is 22.4 Å². The van der Waals surface area contributed by atoms with Gasteiger partial charge in [-0.2, -0.15) is 0 Å². The molecule has 1 aliphatic heterocycles. The Balaban J connectivity index is 2.20. The number of hydrogen-bond acceptors (Lipinski definition) is 3. The van der Waals surface area contributed by atoms with Crippen LogP contribution >= 0.6 is 11.3 Å². The van der Waals surface area contributed by atoms with Gasteiger partial charge in [0.15, 0.2) is 0 Å². The number of thiophene rings is 1. The van der Waals surface area contributed by atoms with E-state index in [-0.39, 0.29) is 18.0 Å². The molecule has 5 nitrogen and oxygen atoms in total. The molecular weight excluding hydrogens is 250 g/mol. The zero-order valence-electron chi connectivity index (χ0n) is 10.5. The van der Waals surface area contributed by atoms with Crippen LogP contribution in [0.25, 0.3) is 0 Å². The first-order chi connectivity index (χ1) is 8.59. The highest BCUT2D eigenvalue weighted by Gasteiger charge is 2.35. The lowest BCUT2D eigenvalue weighted by Gasteiger charge is -2.34. The van der Waals surface area contributed by atoms with E-state index >= 15 is 0 Å². The fourth-order valence-electron chi connectivity index (χ4n) is 1.95. The Hall–Kier alpha value is -1.56. The Kier molecular flexibility index (Phi) is 3.86. The van der Waals surface area contributed by atoms with E-state index in [0.717, 1.165) is 4.88 Å². The van der Waals surface area contributed by atoms with Gasteiger partial charge in [0.25, 0.3) is 0 Å². The fraction of sp³-hybridized carbons (Fsp3) is 0.500. The molecule has 1 aromatic heterocycles. The first kappa shape index (κ1) is 12.9. The number of urea groups is 1. The van der Waals surface area contributed by atoms with Crippen LogP contribution < -0.4 is 10.6 Å². The van der Waals surface area contributed by atoms with Crippen LogP contribution in [0.15, 0.2) is 17.5 Å². The van der Waals surface area contributed by atoms with E-state index in [2.05, 4.69) is 10.6 Å². The van der Waals surface area contributed by atoms with Crippen LogP contribution in [-0.4, -0.2) is 36.0 Å². The summed E-state index contributed by atoms with van der Waals surface area (Å²) in [4.78, 5) is 26.6. The highest BCUT2D eigenvalue weighted by molar-refractivity contribution is 7.10. The Morgan fingerprint density at radius 3 is 3.00 bits per heavy atom. The van der Waals surface area contributed by atoms with Gasteiger partial charge in [-0.1, -0.05) is 6.07 Å². The third kappa shape index (κ3) is 2.64. The number of carbonyl (C=O) groups excluding carboxylic acids is 2. The molecule has 0 aliphatic carbocycles. The van der Waals surface area contributed by atoms with Crippen LogP contribution in [0.4, 0.5) is 4.79 Å². The van der Waals surface area contributed by atoms with Gasteiger partial charge < -0.3 is 15.5 Å². The lowest BCUT2D eigenvalue weighted by molar-refractivity contribution is -0.127. The number of carbonyl (C=O) groups is 2. The molecule has 1 aliphatic rings. The molecule has 2 N–H and O–H groups in total. The summed E-state index contributed by atoms with van der Waals surface area (Å²) in [5, 5.41) is 7.55. The molecule has 1 atom stereocenters. The van der Waals surface area contributed by atoms with Gasteiger partial charge in [0.1, 0.15) is 6.04 Å². The van der Waals surface area contributed by atoms with Crippen molar-refractivity contribution in [3.63, 3.8) is 0 Å². The van der Waals surface area contributed by atoms with Gasteiger partial charge in [-0.3, -0.25) is 4.79 Å². The quantitative estimate of drug-likeness (QED) is 0.849. The Morgan fingerprint density at radius 2 is 2.39 bits per heavy atom. The minimum absolute atomic E-state index is 0.0615. The largest absolute Gasteiger partial charge is 0.352 e. The second-order valence-corrected chi connectivity index (χ2v) is 5.49. The molecule has 0 spiro atoms. The van der Waals surface area contributed by atoms with Crippen molar-refractivity contribution < 1.29 is 9.59 Å². The molecule has 0 aromatic carbocycles. The van der Waals surface area contributed by atoms with Gasteiger partial charge in [0, 0.05) is 24.0 Å². The first-order valence-electron chi connectivity index (χ1n) is 5.98. The lowest BCUT2D eigenvalue weighted by Crippen LogP contribution is -2.55. The number of rotatable bonds is 2. The Labute approximate surface area is 110 Å². The van der Waals surface area contributed by atoms with Crippen LogP contribution in [0, 0.1) is 0 Å². The summed E-state index contributed by atoms with van der Waals surface area (Å²) in [5.74, 6) is -0.109. The van der Waals surface area contributed by atoms with Gasteiger partial charge in [0.05, 0.1) is 0 Å². The predicted octanol–water partition coefficient (Wildman–Crippen LogP) is 1.34. The summed E-state index contributed by atoms with van der Waals surface area (Å²) < 4.78 is 0. The van der Waals surface area contributed by atoms with E-state index < -0.39 is 6.04 Å². The second kappa shape index (κ2) is 5.39. The molecule has 0 bridgehead atoms. The molecule has 98 valence electrons. The number of nitrogens with zero attached hydrogens (tertiary/aromatic N) is 1. The minimum Gasteiger partial charge on any atom is -0.352 e. The maximum absolute atomic E-state index is 12.1. The average molecular weight is 267 g/mol. The van der Waals surface area contributed by atoms with Crippen LogP contribution in [-0.2, 0) is 4.79 Å². The average Bonchev–Trinajstić information content (AvgIpc) is 2.80. The second-order valence-electron chi connectivity index (χ2n) is 4.51. The van der Waals surface area contributed by atoms with Crippen molar-refractivity contribution in [3.8, 4) is 0 Å². The third-order valence-corrected chi connectivity index (χ3v) is 3.62. The van der Waals surface area contributed by atoms with Crippen molar-refractivity contribution >= 4 is 23.3 Å². The zero-order valence-corrected chi connectivity index (χ0v) is 11.3. The monoisotopic (exact) mass is 267 g/mol. The molecule has 0 saturated carbocycles. The van der Waals surface area contributed by atoms with E-state index in [4.69, 9.17) is 0 Å². The van der Waals surface area contributed by atoms with Gasteiger partial charge in [-0.05, 0) is 25.3 Å². The van der Waals surface area contributed by atoms with Crippen LogP contribution in [0.3, 0.4) is 0 Å². The molecule has 6 heteroatoms. The van der Waals surface area contributed by atoms with E-state index in [1.54, 1.807) is 4.90 Å². The van der Waals surface area contributed by atoms with Crippen molar-refractivity contribution in [2.24, 2.45) is 0 Å². The summed E-state index contributed by atoms with van der Waals surface area (Å²) in [6.45, 7) is 4.85. The molecule has 18 heavy (non-hydrogen) atoms. The number of nitrogens with one attached hydrogen (secondary N) is 2. The lowest BCUT2D eigenvalue weighted by atomic mass is 10.1. The summed E-state index contributed by atoms with van der Waals surface area (Å²) in [7, 11) is 0. The molecular formula is C12H17N3O2S. The maximum atomic E-state index is 12.1. The molecule has 3 amide bonds. The zero-order chi connectivity index (χ0) is 13.1. The van der Waals surface area contributed by atoms with E-state index in [1.807, 2.05) is 31.4 Å². The topological polar surface area (TPSA) is 61.4 Å². The summed E-state index contributed by atoms with van der Waals surface area (Å²) in [6.07, 6.45) is 0. The SMILES string of the molecule is CC(C)NC(=O)N1CCNC(=O)[C@@H]1c1cccs1. The molecule has 2 heterocycles. The standard InChI is InChI=1S/C12H17N3O2S/c1-8(2)14-12(17)15-6-5-13-11(16)10(15)9-4-3-7-18-9/h3-4,7-8,10H,5-6H2,1-2H3,(H,13,16)(H,14,17)/t10-/m0/s1. The number of piperazine rings is 1. The van der Waals surface area contributed by atoms with Crippen molar-refractivity contribution in [1.82, 2.24) is 15.5 Å². The molecule has 1 saturated heterocycles. The normalized spacial score (nSPS) is 19.8. The summed E-state index contributed by atoms with van der Waals surface area (Å²) >= 11 is 1.49. The summed E-state index contributed by atoms with van der Waals surface area (Å²) in [5.41, 5.74) is 0. The van der Waals surface area contributed by atoms with Gasteiger partial charge in [-0.25, -0.2) is 4.79 Å². The number of hydrogen-bond donors (Lipinski definition) is 2. The molecule has 0 radical (unpaired) electrons. The third-order valence-electron chi connectivity index (χ3n) is 2.70. The van der Waals surface area contributed by atoms with Gasteiger partial charge in [-0.15, -0.1) is 11.3 Å². The minimum atomic E-state index is -0.502. The highest BCUT2D eigenvalue weighted by atomic mass is 32.1. The van der Waals surface area contributed by atoms with Crippen molar-refractivity contribution in [1.29, 1.82) is 0 Å². The van der Waals surface area contributed by atoms with Crippen LogP contribution in [0.5, 0.6) is 0 Å². The van der Waals surface area contributed by atoms with E-state index in [0.29, 0.717) is 13.1 Å². The van der Waals surface area contributed by atoms with Gasteiger partial charge >= 0.3 is 6.03 Å². The Bertz CT molecular complexity index is 431. The fourth-order valence-corrected chi connectivity index (χ4v) is 2.78. The smallest absolute Gasteiger partial charge is 0.318 e. The predicted molar refractivity (Wildman–Crippen MR) is 70.4 cm³/mol. The molecule has 1 aromatic rings.